The first-order chi connectivity index (χ1) is 9.92. The molecule has 1 aromatic rings. The fourth-order valence-electron chi connectivity index (χ4n) is 2.91. The lowest BCUT2D eigenvalue weighted by molar-refractivity contribution is -0.139. The van der Waals surface area contributed by atoms with Gasteiger partial charge < -0.3 is 5.32 Å². The predicted octanol–water partition coefficient (Wildman–Crippen LogP) is 3.58. The molecule has 0 amide bonds. The van der Waals surface area contributed by atoms with E-state index in [1.807, 2.05) is 18.2 Å². The van der Waals surface area contributed by atoms with Crippen molar-refractivity contribution in [1.82, 2.24) is 10.2 Å². The van der Waals surface area contributed by atoms with Crippen LogP contribution in [0.1, 0.15) is 31.7 Å². The first-order valence-corrected chi connectivity index (χ1v) is 7.51. The summed E-state index contributed by atoms with van der Waals surface area (Å²) in [5.74, 6) is 0. The minimum atomic E-state index is -4.08. The van der Waals surface area contributed by atoms with E-state index in [-0.39, 0.29) is 6.04 Å². The molecule has 0 spiro atoms. The van der Waals surface area contributed by atoms with Crippen molar-refractivity contribution in [3.63, 3.8) is 0 Å². The van der Waals surface area contributed by atoms with Gasteiger partial charge in [-0.3, -0.25) is 4.90 Å². The minimum absolute atomic E-state index is 0.203. The first kappa shape index (κ1) is 16.3. The number of rotatable bonds is 5. The Morgan fingerprint density at radius 1 is 1.19 bits per heavy atom. The zero-order chi connectivity index (χ0) is 15.3. The summed E-state index contributed by atoms with van der Waals surface area (Å²) in [6.45, 7) is 4.41. The van der Waals surface area contributed by atoms with Gasteiger partial charge in [0.15, 0.2) is 0 Å². The number of halogens is 3. The van der Waals surface area contributed by atoms with E-state index < -0.39 is 18.6 Å². The number of hydrogen-bond donors (Lipinski definition) is 1. The monoisotopic (exact) mass is 300 g/mol. The maximum absolute atomic E-state index is 12.3. The molecule has 1 aromatic carbocycles. The Kier molecular flexibility index (Phi) is 5.65. The second-order valence-corrected chi connectivity index (χ2v) is 5.92. The van der Waals surface area contributed by atoms with Gasteiger partial charge in [-0.05, 0) is 38.4 Å². The molecule has 1 atom stereocenters. The summed E-state index contributed by atoms with van der Waals surface area (Å²) in [6.07, 6.45) is -3.01. The summed E-state index contributed by atoms with van der Waals surface area (Å²) in [5, 5.41) is 3.11. The molecule has 1 unspecified atom stereocenters. The summed E-state index contributed by atoms with van der Waals surface area (Å²) in [4.78, 5) is 2.36. The molecule has 0 radical (unpaired) electrons. The van der Waals surface area contributed by atoms with Gasteiger partial charge in [-0.25, -0.2) is 0 Å². The highest BCUT2D eigenvalue weighted by Gasteiger charge is 2.31. The van der Waals surface area contributed by atoms with E-state index in [1.165, 1.54) is 5.56 Å². The molecule has 1 aliphatic heterocycles. The summed E-state index contributed by atoms with van der Waals surface area (Å²) in [7, 11) is 0. The SMILES string of the molecule is CC(CC(F)(F)F)NC1CCN(Cc2ccccc2)CC1. The average Bonchev–Trinajstić information content (AvgIpc) is 2.40. The molecule has 2 nitrogen and oxygen atoms in total. The lowest BCUT2D eigenvalue weighted by atomic mass is 10.0. The number of piperidine rings is 1. The molecule has 2 rings (SSSR count). The van der Waals surface area contributed by atoms with Crippen LogP contribution in [0, 0.1) is 0 Å². The Morgan fingerprint density at radius 2 is 1.81 bits per heavy atom. The Morgan fingerprint density at radius 3 is 2.38 bits per heavy atom. The average molecular weight is 300 g/mol. The van der Waals surface area contributed by atoms with Gasteiger partial charge in [-0.2, -0.15) is 13.2 Å². The molecule has 1 fully saturated rings. The number of hydrogen-bond acceptors (Lipinski definition) is 2. The number of benzene rings is 1. The van der Waals surface area contributed by atoms with Crippen LogP contribution in [-0.4, -0.2) is 36.2 Å². The van der Waals surface area contributed by atoms with E-state index in [9.17, 15) is 13.2 Å². The van der Waals surface area contributed by atoms with Crippen molar-refractivity contribution in [2.75, 3.05) is 13.1 Å². The smallest absolute Gasteiger partial charge is 0.311 e. The molecule has 5 heteroatoms. The van der Waals surface area contributed by atoms with Crippen LogP contribution in [0.3, 0.4) is 0 Å². The van der Waals surface area contributed by atoms with Gasteiger partial charge in [-0.15, -0.1) is 0 Å². The largest absolute Gasteiger partial charge is 0.390 e. The maximum atomic E-state index is 12.3. The number of likely N-dealkylation sites (tertiary alicyclic amines) is 1. The summed E-state index contributed by atoms with van der Waals surface area (Å²) >= 11 is 0. The standard InChI is InChI=1S/C16H23F3N2/c1-13(11-16(17,18)19)20-15-7-9-21(10-8-15)12-14-5-3-2-4-6-14/h2-6,13,15,20H,7-12H2,1H3. The third-order valence-corrected chi connectivity index (χ3v) is 3.89. The molecular weight excluding hydrogens is 277 g/mol. The zero-order valence-electron chi connectivity index (χ0n) is 12.4. The Labute approximate surface area is 124 Å². The van der Waals surface area contributed by atoms with E-state index in [1.54, 1.807) is 6.92 Å². The van der Waals surface area contributed by atoms with Crippen molar-refractivity contribution in [2.24, 2.45) is 0 Å². The van der Waals surface area contributed by atoms with Crippen molar-refractivity contribution < 1.29 is 13.2 Å². The van der Waals surface area contributed by atoms with Crippen LogP contribution in [0.5, 0.6) is 0 Å². The van der Waals surface area contributed by atoms with Crippen LogP contribution in [-0.2, 0) is 6.54 Å². The minimum Gasteiger partial charge on any atom is -0.311 e. The van der Waals surface area contributed by atoms with Crippen molar-refractivity contribution >= 4 is 0 Å². The third-order valence-electron chi connectivity index (χ3n) is 3.89. The van der Waals surface area contributed by atoms with Crippen molar-refractivity contribution in [3.8, 4) is 0 Å². The lowest BCUT2D eigenvalue weighted by Crippen LogP contribution is -2.46. The highest BCUT2D eigenvalue weighted by atomic mass is 19.4. The Hall–Kier alpha value is -1.07. The van der Waals surface area contributed by atoms with E-state index in [0.717, 1.165) is 32.5 Å². The second kappa shape index (κ2) is 7.27. The number of nitrogens with zero attached hydrogens (tertiary/aromatic N) is 1. The van der Waals surface area contributed by atoms with Gasteiger partial charge >= 0.3 is 6.18 Å². The summed E-state index contributed by atoms with van der Waals surface area (Å²) in [5.41, 5.74) is 1.29. The van der Waals surface area contributed by atoms with Crippen LogP contribution in [0.15, 0.2) is 30.3 Å². The van der Waals surface area contributed by atoms with Gasteiger partial charge in [0, 0.05) is 18.6 Å². The maximum Gasteiger partial charge on any atom is 0.390 e. The van der Waals surface area contributed by atoms with Gasteiger partial charge in [0.1, 0.15) is 0 Å². The highest BCUT2D eigenvalue weighted by molar-refractivity contribution is 5.14. The molecule has 1 saturated heterocycles. The summed E-state index contributed by atoms with van der Waals surface area (Å²) in [6, 6.07) is 9.98. The van der Waals surface area contributed by atoms with Gasteiger partial charge in [-0.1, -0.05) is 30.3 Å². The van der Waals surface area contributed by atoms with Crippen LogP contribution in [0.25, 0.3) is 0 Å². The fourth-order valence-corrected chi connectivity index (χ4v) is 2.91. The molecule has 0 aromatic heterocycles. The predicted molar refractivity (Wildman–Crippen MR) is 78.0 cm³/mol. The van der Waals surface area contributed by atoms with Crippen molar-refractivity contribution in [2.45, 2.75) is 51.0 Å². The second-order valence-electron chi connectivity index (χ2n) is 5.92. The Bertz CT molecular complexity index is 411. The van der Waals surface area contributed by atoms with Gasteiger partial charge in [0.25, 0.3) is 0 Å². The molecule has 0 bridgehead atoms. The molecule has 1 heterocycles. The number of alkyl halides is 3. The van der Waals surface area contributed by atoms with E-state index >= 15 is 0 Å². The van der Waals surface area contributed by atoms with E-state index in [0.29, 0.717) is 0 Å². The zero-order valence-corrected chi connectivity index (χ0v) is 12.4. The van der Waals surface area contributed by atoms with Crippen molar-refractivity contribution in [1.29, 1.82) is 0 Å². The molecule has 0 aliphatic carbocycles. The van der Waals surface area contributed by atoms with Gasteiger partial charge in [0.05, 0.1) is 6.42 Å². The Balaban J connectivity index is 1.71. The highest BCUT2D eigenvalue weighted by Crippen LogP contribution is 2.22. The van der Waals surface area contributed by atoms with Crippen LogP contribution >= 0.6 is 0 Å². The first-order valence-electron chi connectivity index (χ1n) is 7.51. The quantitative estimate of drug-likeness (QED) is 0.894. The lowest BCUT2D eigenvalue weighted by Gasteiger charge is -2.34. The molecule has 1 aliphatic rings. The molecular formula is C16H23F3N2. The third kappa shape index (κ3) is 6.06. The van der Waals surface area contributed by atoms with Crippen LogP contribution < -0.4 is 5.32 Å². The summed E-state index contributed by atoms with van der Waals surface area (Å²) < 4.78 is 36.9. The van der Waals surface area contributed by atoms with E-state index in [2.05, 4.69) is 22.3 Å². The molecule has 1 N–H and O–H groups in total. The number of nitrogens with one attached hydrogen (secondary N) is 1. The van der Waals surface area contributed by atoms with Gasteiger partial charge in [0.2, 0.25) is 0 Å². The van der Waals surface area contributed by atoms with Crippen LogP contribution in [0.4, 0.5) is 13.2 Å². The van der Waals surface area contributed by atoms with E-state index in [4.69, 9.17) is 0 Å². The van der Waals surface area contributed by atoms with Crippen molar-refractivity contribution in [3.05, 3.63) is 35.9 Å². The normalized spacial score (nSPS) is 19.6. The topological polar surface area (TPSA) is 15.3 Å². The molecule has 21 heavy (non-hydrogen) atoms. The molecule has 0 saturated carbocycles. The fraction of sp³-hybridized carbons (Fsp3) is 0.625. The molecule has 118 valence electrons. The van der Waals surface area contributed by atoms with Crippen LogP contribution in [0.2, 0.25) is 0 Å².